The minimum Gasteiger partial charge on any atom is -0.315 e. The molecule has 1 unspecified atom stereocenters. The normalized spacial score (nSPS) is 21.2. The van der Waals surface area contributed by atoms with Gasteiger partial charge in [0.05, 0.1) is 11.4 Å². The van der Waals surface area contributed by atoms with Crippen LogP contribution >= 0.6 is 11.3 Å². The van der Waals surface area contributed by atoms with Gasteiger partial charge in [-0.3, -0.25) is 9.69 Å². The summed E-state index contributed by atoms with van der Waals surface area (Å²) in [5, 5.41) is 5.33. The zero-order valence-electron chi connectivity index (χ0n) is 9.61. The van der Waals surface area contributed by atoms with E-state index in [1.165, 1.54) is 24.2 Å². The summed E-state index contributed by atoms with van der Waals surface area (Å²) < 4.78 is 0. The molecule has 3 nitrogen and oxygen atoms in total. The standard InChI is InChI=1S/C12H18N2OS/c1-14(10-4-2-6-13-8-10)9-11(15)12-5-3-7-16-12/h3,5,7,10,13H,2,4,6,8-9H2,1H3. The molecule has 16 heavy (non-hydrogen) atoms. The van der Waals surface area contributed by atoms with Crippen molar-refractivity contribution >= 4 is 17.1 Å². The van der Waals surface area contributed by atoms with Gasteiger partial charge in [-0.25, -0.2) is 0 Å². The molecule has 1 saturated heterocycles. The van der Waals surface area contributed by atoms with E-state index in [-0.39, 0.29) is 5.78 Å². The van der Waals surface area contributed by atoms with E-state index in [2.05, 4.69) is 10.2 Å². The number of likely N-dealkylation sites (N-methyl/N-ethyl adjacent to an activating group) is 1. The second-order valence-corrected chi connectivity index (χ2v) is 5.26. The molecule has 2 rings (SSSR count). The molecule has 88 valence electrons. The number of hydrogen-bond donors (Lipinski definition) is 1. The maximum Gasteiger partial charge on any atom is 0.186 e. The first-order valence-electron chi connectivity index (χ1n) is 5.75. The Morgan fingerprint density at radius 2 is 2.56 bits per heavy atom. The largest absolute Gasteiger partial charge is 0.315 e. The van der Waals surface area contributed by atoms with E-state index in [0.717, 1.165) is 18.0 Å². The zero-order valence-corrected chi connectivity index (χ0v) is 10.4. The molecule has 1 aromatic heterocycles. The number of hydrogen-bond acceptors (Lipinski definition) is 4. The third kappa shape index (κ3) is 2.90. The van der Waals surface area contributed by atoms with Gasteiger partial charge in [-0.1, -0.05) is 6.07 Å². The molecule has 1 aliphatic heterocycles. The number of Topliss-reactive ketones (excluding diaryl/α,β-unsaturated/α-hetero) is 1. The Morgan fingerprint density at radius 1 is 1.69 bits per heavy atom. The highest BCUT2D eigenvalue weighted by molar-refractivity contribution is 7.12. The van der Waals surface area contributed by atoms with Gasteiger partial charge in [0.1, 0.15) is 0 Å². The summed E-state index contributed by atoms with van der Waals surface area (Å²) >= 11 is 1.53. The molecule has 0 spiro atoms. The van der Waals surface area contributed by atoms with Gasteiger partial charge in [0.2, 0.25) is 0 Å². The number of piperidine rings is 1. The van der Waals surface area contributed by atoms with Crippen LogP contribution in [-0.2, 0) is 0 Å². The molecule has 0 bridgehead atoms. The van der Waals surface area contributed by atoms with Crippen molar-refractivity contribution in [1.29, 1.82) is 0 Å². The van der Waals surface area contributed by atoms with Gasteiger partial charge in [-0.05, 0) is 37.9 Å². The molecule has 1 N–H and O–H groups in total. The Kier molecular flexibility index (Phi) is 4.09. The van der Waals surface area contributed by atoms with Crippen molar-refractivity contribution in [2.24, 2.45) is 0 Å². The van der Waals surface area contributed by atoms with Crippen LogP contribution in [0.25, 0.3) is 0 Å². The molecule has 0 aliphatic carbocycles. The van der Waals surface area contributed by atoms with Crippen LogP contribution in [0.5, 0.6) is 0 Å². The summed E-state index contributed by atoms with van der Waals surface area (Å²) in [6.45, 7) is 2.66. The maximum atomic E-state index is 11.9. The number of nitrogens with zero attached hydrogens (tertiary/aromatic N) is 1. The Bertz CT molecular complexity index is 331. The first-order valence-corrected chi connectivity index (χ1v) is 6.63. The fourth-order valence-corrected chi connectivity index (χ4v) is 2.74. The molecule has 0 saturated carbocycles. The molecule has 1 fully saturated rings. The van der Waals surface area contributed by atoms with Crippen LogP contribution in [0.1, 0.15) is 22.5 Å². The molecular formula is C12H18N2OS. The Hall–Kier alpha value is -0.710. The van der Waals surface area contributed by atoms with Gasteiger partial charge >= 0.3 is 0 Å². The Labute approximate surface area is 100 Å². The number of thiophene rings is 1. The topological polar surface area (TPSA) is 32.3 Å². The summed E-state index contributed by atoms with van der Waals surface area (Å²) in [7, 11) is 2.04. The summed E-state index contributed by atoms with van der Waals surface area (Å²) in [5.74, 6) is 0.239. The summed E-state index contributed by atoms with van der Waals surface area (Å²) in [5.41, 5.74) is 0. The van der Waals surface area contributed by atoms with E-state index in [4.69, 9.17) is 0 Å². The van der Waals surface area contributed by atoms with Crippen molar-refractivity contribution in [2.75, 3.05) is 26.7 Å². The van der Waals surface area contributed by atoms with Gasteiger partial charge in [-0.2, -0.15) is 0 Å². The fraction of sp³-hybridized carbons (Fsp3) is 0.583. The lowest BCUT2D eigenvalue weighted by molar-refractivity contribution is 0.0911. The van der Waals surface area contributed by atoms with Crippen LogP contribution in [-0.4, -0.2) is 43.4 Å². The van der Waals surface area contributed by atoms with E-state index >= 15 is 0 Å². The Morgan fingerprint density at radius 3 is 3.19 bits per heavy atom. The third-order valence-corrected chi connectivity index (χ3v) is 3.99. The van der Waals surface area contributed by atoms with Crippen molar-refractivity contribution in [1.82, 2.24) is 10.2 Å². The lowest BCUT2D eigenvalue weighted by Gasteiger charge is -2.31. The molecule has 1 aliphatic rings. The SMILES string of the molecule is CN(CC(=O)c1cccs1)C1CCCNC1. The predicted molar refractivity (Wildman–Crippen MR) is 67.2 cm³/mol. The third-order valence-electron chi connectivity index (χ3n) is 3.08. The quantitative estimate of drug-likeness (QED) is 0.809. The van der Waals surface area contributed by atoms with Gasteiger partial charge < -0.3 is 5.32 Å². The van der Waals surface area contributed by atoms with E-state index in [1.54, 1.807) is 0 Å². The molecular weight excluding hydrogens is 220 g/mol. The van der Waals surface area contributed by atoms with Crippen LogP contribution in [0.15, 0.2) is 17.5 Å². The van der Waals surface area contributed by atoms with E-state index < -0.39 is 0 Å². The minimum absolute atomic E-state index is 0.239. The first kappa shape index (κ1) is 11.8. The van der Waals surface area contributed by atoms with Gasteiger partial charge in [-0.15, -0.1) is 11.3 Å². The molecule has 2 heterocycles. The Balaban J connectivity index is 1.86. The van der Waals surface area contributed by atoms with Crippen molar-refractivity contribution < 1.29 is 4.79 Å². The van der Waals surface area contributed by atoms with Crippen molar-refractivity contribution in [3.05, 3.63) is 22.4 Å². The van der Waals surface area contributed by atoms with Crippen LogP contribution in [0.2, 0.25) is 0 Å². The van der Waals surface area contributed by atoms with Crippen LogP contribution < -0.4 is 5.32 Å². The van der Waals surface area contributed by atoms with E-state index in [9.17, 15) is 4.79 Å². The van der Waals surface area contributed by atoms with Crippen molar-refractivity contribution in [3.63, 3.8) is 0 Å². The number of carbonyl (C=O) groups is 1. The average molecular weight is 238 g/mol. The monoisotopic (exact) mass is 238 g/mol. The van der Waals surface area contributed by atoms with Gasteiger partial charge in [0, 0.05) is 12.6 Å². The molecule has 4 heteroatoms. The van der Waals surface area contributed by atoms with Crippen molar-refractivity contribution in [3.8, 4) is 0 Å². The highest BCUT2D eigenvalue weighted by Gasteiger charge is 2.20. The highest BCUT2D eigenvalue weighted by atomic mass is 32.1. The summed E-state index contributed by atoms with van der Waals surface area (Å²) in [6, 6.07) is 4.35. The summed E-state index contributed by atoms with van der Waals surface area (Å²) in [6.07, 6.45) is 2.41. The molecule has 0 aromatic carbocycles. The average Bonchev–Trinajstić information content (AvgIpc) is 2.83. The highest BCUT2D eigenvalue weighted by Crippen LogP contribution is 2.13. The molecule has 1 aromatic rings. The minimum atomic E-state index is 0.239. The van der Waals surface area contributed by atoms with Gasteiger partial charge in [0.15, 0.2) is 5.78 Å². The van der Waals surface area contributed by atoms with Gasteiger partial charge in [0.25, 0.3) is 0 Å². The number of ketones is 1. The van der Waals surface area contributed by atoms with E-state index in [0.29, 0.717) is 12.6 Å². The number of nitrogens with one attached hydrogen (secondary N) is 1. The zero-order chi connectivity index (χ0) is 11.4. The predicted octanol–water partition coefficient (Wildman–Crippen LogP) is 1.61. The molecule has 0 amide bonds. The first-order chi connectivity index (χ1) is 7.77. The fourth-order valence-electron chi connectivity index (χ4n) is 2.08. The van der Waals surface area contributed by atoms with Crippen LogP contribution in [0.3, 0.4) is 0 Å². The lowest BCUT2D eigenvalue weighted by Crippen LogP contribution is -2.45. The number of rotatable bonds is 4. The van der Waals surface area contributed by atoms with Crippen LogP contribution in [0, 0.1) is 0 Å². The molecule has 0 radical (unpaired) electrons. The van der Waals surface area contributed by atoms with E-state index in [1.807, 2.05) is 24.6 Å². The van der Waals surface area contributed by atoms with Crippen molar-refractivity contribution in [2.45, 2.75) is 18.9 Å². The lowest BCUT2D eigenvalue weighted by atomic mass is 10.1. The smallest absolute Gasteiger partial charge is 0.186 e. The summed E-state index contributed by atoms with van der Waals surface area (Å²) in [4.78, 5) is 15.0. The van der Waals surface area contributed by atoms with Crippen LogP contribution in [0.4, 0.5) is 0 Å². The second-order valence-electron chi connectivity index (χ2n) is 4.32. The molecule has 1 atom stereocenters. The number of carbonyl (C=O) groups excluding carboxylic acids is 1. The maximum absolute atomic E-state index is 11.9. The second kappa shape index (κ2) is 5.57.